The van der Waals surface area contributed by atoms with Gasteiger partial charge in [-0.05, 0) is 43.4 Å². The number of hydrogen-bond donors (Lipinski definition) is 3. The van der Waals surface area contributed by atoms with Gasteiger partial charge in [-0.3, -0.25) is 14.4 Å². The molecular weight excluding hydrogens is 498 g/mol. The van der Waals surface area contributed by atoms with E-state index in [1.807, 2.05) is 60.7 Å². The molecule has 6 atom stereocenters. The number of carbonyl (C=O) groups excluding carboxylic acids is 3. The molecule has 0 radical (unpaired) electrons. The summed E-state index contributed by atoms with van der Waals surface area (Å²) in [6, 6.07) is 17.5. The maximum absolute atomic E-state index is 14.4. The quantitative estimate of drug-likeness (QED) is 0.502. The number of rotatable bonds is 7. The average Bonchev–Trinajstić information content (AvgIpc) is 3.59. The fraction of sp³-hybridized carbons (Fsp3) is 0.500. The molecule has 38 heavy (non-hydrogen) atoms. The second kappa shape index (κ2) is 10.4. The Kier molecular flexibility index (Phi) is 6.95. The Morgan fingerprint density at radius 2 is 1.66 bits per heavy atom. The summed E-state index contributed by atoms with van der Waals surface area (Å²) in [5, 5.41) is 16.9. The number of benzene rings is 2. The molecule has 6 rings (SSSR count). The molecular formula is C30H35N3O4S. The lowest BCUT2D eigenvalue weighted by Gasteiger charge is -2.38. The van der Waals surface area contributed by atoms with Gasteiger partial charge < -0.3 is 20.6 Å². The number of amides is 3. The highest BCUT2D eigenvalue weighted by molar-refractivity contribution is 8.02. The number of hydrogen-bond acceptors (Lipinski definition) is 5. The van der Waals surface area contributed by atoms with Gasteiger partial charge in [0.1, 0.15) is 6.04 Å². The lowest BCUT2D eigenvalue weighted by molar-refractivity contribution is -0.142. The van der Waals surface area contributed by atoms with Crippen LogP contribution in [-0.4, -0.2) is 56.4 Å². The Hall–Kier alpha value is -2.84. The lowest BCUT2D eigenvalue weighted by Crippen LogP contribution is -2.56. The molecule has 4 fully saturated rings. The summed E-state index contributed by atoms with van der Waals surface area (Å²) in [4.78, 5) is 43.8. The van der Waals surface area contributed by atoms with E-state index in [0.717, 1.165) is 37.7 Å². The number of carbonyl (C=O) groups is 3. The first-order valence-corrected chi connectivity index (χ1v) is 14.7. The highest BCUT2D eigenvalue weighted by atomic mass is 32.2. The molecule has 1 aliphatic carbocycles. The molecule has 2 bridgehead atoms. The number of para-hydroxylation sites is 1. The van der Waals surface area contributed by atoms with Crippen molar-refractivity contribution in [3.8, 4) is 0 Å². The fourth-order valence-corrected chi connectivity index (χ4v) is 9.54. The molecule has 8 heteroatoms. The van der Waals surface area contributed by atoms with E-state index in [4.69, 9.17) is 0 Å². The van der Waals surface area contributed by atoms with Crippen LogP contribution >= 0.6 is 11.8 Å². The first-order valence-electron chi connectivity index (χ1n) is 13.9. The summed E-state index contributed by atoms with van der Waals surface area (Å²) in [6.45, 7) is -0.291. The molecule has 3 saturated heterocycles. The Bertz CT molecular complexity index is 1190. The Morgan fingerprint density at radius 1 is 0.974 bits per heavy atom. The first kappa shape index (κ1) is 25.4. The maximum atomic E-state index is 14.4. The van der Waals surface area contributed by atoms with Gasteiger partial charge in [0.15, 0.2) is 0 Å². The van der Waals surface area contributed by atoms with Crippen molar-refractivity contribution in [3.05, 3.63) is 66.2 Å². The van der Waals surface area contributed by atoms with Crippen molar-refractivity contribution < 1.29 is 19.5 Å². The Labute approximate surface area is 227 Å². The zero-order chi connectivity index (χ0) is 26.3. The number of thioether (sulfide) groups is 1. The average molecular weight is 534 g/mol. The van der Waals surface area contributed by atoms with Crippen LogP contribution in [0, 0.1) is 11.8 Å². The number of fused-ring (bicyclic) bond motifs is 1. The van der Waals surface area contributed by atoms with Crippen LogP contribution in [0.25, 0.3) is 0 Å². The van der Waals surface area contributed by atoms with Gasteiger partial charge in [0, 0.05) is 17.0 Å². The summed E-state index contributed by atoms with van der Waals surface area (Å²) in [5.41, 5.74) is 1.49. The van der Waals surface area contributed by atoms with Crippen molar-refractivity contribution in [2.75, 3.05) is 11.9 Å². The number of anilines is 1. The van der Waals surface area contributed by atoms with Gasteiger partial charge in [-0.1, -0.05) is 67.8 Å². The van der Waals surface area contributed by atoms with Crippen molar-refractivity contribution in [2.45, 2.75) is 73.1 Å². The topological polar surface area (TPSA) is 98.7 Å². The number of aliphatic hydroxyl groups is 1. The molecule has 7 nitrogen and oxygen atoms in total. The van der Waals surface area contributed by atoms with E-state index in [1.54, 1.807) is 16.7 Å². The van der Waals surface area contributed by atoms with Crippen molar-refractivity contribution in [2.24, 2.45) is 11.8 Å². The minimum atomic E-state index is -0.733. The molecule has 2 aromatic carbocycles. The van der Waals surface area contributed by atoms with Crippen molar-refractivity contribution in [1.82, 2.24) is 10.2 Å². The van der Waals surface area contributed by atoms with Crippen LogP contribution in [0.15, 0.2) is 60.7 Å². The lowest BCUT2D eigenvalue weighted by atomic mass is 9.70. The van der Waals surface area contributed by atoms with Gasteiger partial charge >= 0.3 is 0 Å². The highest BCUT2D eigenvalue weighted by Gasteiger charge is 2.74. The minimum Gasteiger partial charge on any atom is -0.394 e. The molecule has 1 spiro atoms. The van der Waals surface area contributed by atoms with Gasteiger partial charge in [-0.15, -0.1) is 11.8 Å². The Balaban J connectivity index is 1.37. The molecule has 3 N–H and O–H groups in total. The highest BCUT2D eigenvalue weighted by Crippen LogP contribution is 2.67. The SMILES string of the molecule is O=C(NC1CCCCC1)C1N([C@H](CO)c2ccccc2)C(=O)[C@@H]2[C@H](C(=O)Nc3ccccc3)[C@@H]3CCC12S3. The van der Waals surface area contributed by atoms with Crippen molar-refractivity contribution in [3.63, 3.8) is 0 Å². The van der Waals surface area contributed by atoms with Gasteiger partial charge in [-0.25, -0.2) is 0 Å². The number of aliphatic hydroxyl groups excluding tert-OH is 1. The van der Waals surface area contributed by atoms with Gasteiger partial charge in [0.25, 0.3) is 0 Å². The van der Waals surface area contributed by atoms with Crippen LogP contribution < -0.4 is 10.6 Å². The van der Waals surface area contributed by atoms with Crippen LogP contribution in [0.3, 0.4) is 0 Å². The smallest absolute Gasteiger partial charge is 0.244 e. The summed E-state index contributed by atoms with van der Waals surface area (Å²) in [6.07, 6.45) is 6.76. The van der Waals surface area contributed by atoms with E-state index in [9.17, 15) is 19.5 Å². The number of nitrogens with one attached hydrogen (secondary N) is 2. The van der Waals surface area contributed by atoms with Gasteiger partial charge in [0.2, 0.25) is 17.7 Å². The molecule has 1 saturated carbocycles. The monoisotopic (exact) mass is 533 g/mol. The van der Waals surface area contributed by atoms with E-state index in [-0.39, 0.29) is 35.6 Å². The maximum Gasteiger partial charge on any atom is 0.244 e. The van der Waals surface area contributed by atoms with Crippen LogP contribution in [0.4, 0.5) is 5.69 Å². The standard InChI is InChI=1S/C30H35N3O4S/c34-18-22(19-10-4-1-5-11-19)33-26(28(36)32-21-14-8-3-9-15-21)30-17-16-23(38-30)24(25(30)29(33)37)27(35)31-20-12-6-2-7-13-20/h1-2,4-7,10-13,21-26,34H,3,8-9,14-18H2,(H,31,35)(H,32,36)/t22-,23+,24-,25+,26?,30?/m1/s1. The molecule has 200 valence electrons. The minimum absolute atomic E-state index is 0.0101. The summed E-state index contributed by atoms with van der Waals surface area (Å²) < 4.78 is -0.679. The molecule has 2 aromatic rings. The van der Waals surface area contributed by atoms with E-state index < -0.39 is 28.7 Å². The molecule has 3 aliphatic heterocycles. The van der Waals surface area contributed by atoms with Crippen molar-refractivity contribution in [1.29, 1.82) is 0 Å². The third-order valence-electron chi connectivity index (χ3n) is 8.98. The van der Waals surface area contributed by atoms with E-state index in [0.29, 0.717) is 12.1 Å². The van der Waals surface area contributed by atoms with Crippen molar-refractivity contribution >= 4 is 35.2 Å². The van der Waals surface area contributed by atoms with E-state index in [1.165, 1.54) is 6.42 Å². The predicted molar refractivity (Wildman–Crippen MR) is 147 cm³/mol. The fourth-order valence-electron chi connectivity index (χ4n) is 7.33. The third kappa shape index (κ3) is 4.22. The molecule has 2 unspecified atom stereocenters. The second-order valence-electron chi connectivity index (χ2n) is 11.1. The predicted octanol–water partition coefficient (Wildman–Crippen LogP) is 3.90. The number of nitrogens with zero attached hydrogens (tertiary/aromatic N) is 1. The molecule has 3 amide bonds. The van der Waals surface area contributed by atoms with Crippen LogP contribution in [0.5, 0.6) is 0 Å². The molecule has 3 heterocycles. The van der Waals surface area contributed by atoms with E-state index >= 15 is 0 Å². The Morgan fingerprint density at radius 3 is 2.34 bits per heavy atom. The zero-order valence-electron chi connectivity index (χ0n) is 21.4. The molecule has 0 aromatic heterocycles. The largest absolute Gasteiger partial charge is 0.394 e. The van der Waals surface area contributed by atoms with Gasteiger partial charge in [0.05, 0.1) is 29.2 Å². The second-order valence-corrected chi connectivity index (χ2v) is 12.7. The number of likely N-dealkylation sites (tertiary alicyclic amines) is 1. The summed E-state index contributed by atoms with van der Waals surface area (Å²) in [7, 11) is 0. The van der Waals surface area contributed by atoms with Crippen LogP contribution in [0.1, 0.15) is 56.6 Å². The van der Waals surface area contributed by atoms with Crippen LogP contribution in [0.2, 0.25) is 0 Å². The summed E-state index contributed by atoms with van der Waals surface area (Å²) >= 11 is 1.66. The zero-order valence-corrected chi connectivity index (χ0v) is 22.2. The van der Waals surface area contributed by atoms with Gasteiger partial charge in [-0.2, -0.15) is 0 Å². The van der Waals surface area contributed by atoms with Crippen LogP contribution in [-0.2, 0) is 14.4 Å². The normalized spacial score (nSPS) is 31.2. The molecule has 4 aliphatic rings. The third-order valence-corrected chi connectivity index (χ3v) is 10.9. The first-order chi connectivity index (χ1) is 18.5. The summed E-state index contributed by atoms with van der Waals surface area (Å²) in [5.74, 6) is -1.62. The van der Waals surface area contributed by atoms with E-state index in [2.05, 4.69) is 10.6 Å².